The fourth-order valence-corrected chi connectivity index (χ4v) is 8.71. The van der Waals surface area contributed by atoms with E-state index in [0.717, 1.165) is 79.4 Å². The second-order valence-corrected chi connectivity index (χ2v) is 15.7. The van der Waals surface area contributed by atoms with Crippen molar-refractivity contribution >= 4 is 68.2 Å². The largest absolute Gasteiger partial charge is 0.356 e. The lowest BCUT2D eigenvalue weighted by Crippen LogP contribution is -2.33. The Balaban J connectivity index is 0.951. The lowest BCUT2D eigenvalue weighted by Gasteiger charge is -2.37. The molecular formula is C60H47N4+. The second kappa shape index (κ2) is 18.3. The van der Waals surface area contributed by atoms with Crippen molar-refractivity contribution in [1.29, 1.82) is 0 Å². The van der Waals surface area contributed by atoms with Crippen molar-refractivity contribution < 1.29 is 0 Å². The fraction of sp³-hybridized carbons (Fsp3) is 0. The van der Waals surface area contributed by atoms with Crippen LogP contribution in [-0.4, -0.2) is 0 Å². The first-order valence-corrected chi connectivity index (χ1v) is 21.7. The van der Waals surface area contributed by atoms with Crippen LogP contribution in [0, 0.1) is 0 Å². The number of rotatable bonds is 13. The zero-order chi connectivity index (χ0) is 43.0. The molecule has 306 valence electrons. The van der Waals surface area contributed by atoms with Gasteiger partial charge in [-0.25, -0.2) is 0 Å². The van der Waals surface area contributed by atoms with Gasteiger partial charge in [0.15, 0.2) is 0 Å². The SMILES string of the molecule is c1ccc(N(c2ccccc2)c2ccc(Nc3ccc(-c4ccc([N+](c5ccccc5)(c5ccccc5)c5ccc(N(c6ccccc6)c6ccccc6)cc5)cc4)cc3)cc2)cc1. The van der Waals surface area contributed by atoms with E-state index in [4.69, 9.17) is 0 Å². The highest BCUT2D eigenvalue weighted by Crippen LogP contribution is 2.52. The first-order chi connectivity index (χ1) is 31.7. The average molecular weight is 824 g/mol. The maximum Gasteiger partial charge on any atom is 0.148 e. The highest BCUT2D eigenvalue weighted by molar-refractivity contribution is 5.85. The number of hydrogen-bond donors (Lipinski definition) is 1. The summed E-state index contributed by atoms with van der Waals surface area (Å²) in [4.78, 5) is 4.58. The summed E-state index contributed by atoms with van der Waals surface area (Å²) in [5, 5.41) is 3.62. The van der Waals surface area contributed by atoms with Crippen LogP contribution >= 0.6 is 0 Å². The number of quaternary nitrogens is 1. The zero-order valence-corrected chi connectivity index (χ0v) is 35.4. The fourth-order valence-electron chi connectivity index (χ4n) is 8.71. The van der Waals surface area contributed by atoms with Crippen LogP contribution < -0.4 is 19.6 Å². The van der Waals surface area contributed by atoms with Gasteiger partial charge in [0.05, 0.1) is 0 Å². The second-order valence-electron chi connectivity index (χ2n) is 15.7. The van der Waals surface area contributed by atoms with Crippen LogP contribution in [0.5, 0.6) is 0 Å². The summed E-state index contributed by atoms with van der Waals surface area (Å²) in [5.41, 5.74) is 15.5. The van der Waals surface area contributed by atoms with E-state index in [0.29, 0.717) is 4.48 Å². The summed E-state index contributed by atoms with van der Waals surface area (Å²) in [5.74, 6) is 0. The van der Waals surface area contributed by atoms with E-state index in [1.54, 1.807) is 0 Å². The molecule has 0 unspecified atom stereocenters. The Morgan fingerprint density at radius 2 is 0.453 bits per heavy atom. The minimum Gasteiger partial charge on any atom is -0.356 e. The highest BCUT2D eigenvalue weighted by atomic mass is 15.4. The van der Waals surface area contributed by atoms with E-state index in [1.807, 2.05) is 0 Å². The molecule has 4 nitrogen and oxygen atoms in total. The smallest absolute Gasteiger partial charge is 0.148 e. The van der Waals surface area contributed by atoms with Gasteiger partial charge >= 0.3 is 0 Å². The summed E-state index contributed by atoms with van der Waals surface area (Å²) in [7, 11) is 0. The Morgan fingerprint density at radius 3 is 0.797 bits per heavy atom. The summed E-state index contributed by atoms with van der Waals surface area (Å²) in [6.07, 6.45) is 0. The first kappa shape index (κ1) is 39.7. The van der Waals surface area contributed by atoms with Gasteiger partial charge in [-0.3, -0.25) is 0 Å². The van der Waals surface area contributed by atoms with Crippen molar-refractivity contribution in [3.8, 4) is 11.1 Å². The number of nitrogens with zero attached hydrogens (tertiary/aromatic N) is 3. The number of anilines is 8. The molecule has 0 aromatic heterocycles. The number of benzene rings is 10. The molecule has 64 heavy (non-hydrogen) atoms. The molecule has 0 fully saturated rings. The Kier molecular flexibility index (Phi) is 11.3. The Hall–Kier alpha value is -8.44. The normalized spacial score (nSPS) is 11.1. The molecule has 0 aliphatic carbocycles. The zero-order valence-electron chi connectivity index (χ0n) is 35.4. The van der Waals surface area contributed by atoms with E-state index >= 15 is 0 Å². The number of hydrogen-bond acceptors (Lipinski definition) is 3. The third kappa shape index (κ3) is 8.05. The average Bonchev–Trinajstić information content (AvgIpc) is 3.38. The Bertz CT molecular complexity index is 2880. The van der Waals surface area contributed by atoms with Gasteiger partial charge in [0.2, 0.25) is 0 Å². The number of para-hydroxylation sites is 6. The van der Waals surface area contributed by atoms with E-state index in [1.165, 1.54) is 0 Å². The van der Waals surface area contributed by atoms with Gasteiger partial charge in [-0.2, -0.15) is 4.48 Å². The molecule has 10 aromatic carbocycles. The van der Waals surface area contributed by atoms with Crippen LogP contribution in [0.1, 0.15) is 0 Å². The molecule has 1 N–H and O–H groups in total. The molecule has 0 amide bonds. The van der Waals surface area contributed by atoms with Gasteiger partial charge in [0.1, 0.15) is 22.7 Å². The summed E-state index contributed by atoms with van der Waals surface area (Å²) < 4.78 is 0.412. The lowest BCUT2D eigenvalue weighted by molar-refractivity contribution is 0.704. The summed E-state index contributed by atoms with van der Waals surface area (Å²) >= 11 is 0. The van der Waals surface area contributed by atoms with Gasteiger partial charge in [-0.1, -0.05) is 121 Å². The molecule has 0 saturated heterocycles. The molecule has 0 aliphatic heterocycles. The van der Waals surface area contributed by atoms with Gasteiger partial charge in [0.25, 0.3) is 0 Å². The molecule has 10 aromatic rings. The van der Waals surface area contributed by atoms with Crippen LogP contribution in [0.15, 0.2) is 279 Å². The van der Waals surface area contributed by atoms with Crippen molar-refractivity contribution in [3.05, 3.63) is 279 Å². The third-order valence-corrected chi connectivity index (χ3v) is 11.7. The summed E-state index contributed by atoms with van der Waals surface area (Å²) in [6.45, 7) is 0. The monoisotopic (exact) mass is 823 g/mol. The molecule has 0 radical (unpaired) electrons. The topological polar surface area (TPSA) is 18.5 Å². The van der Waals surface area contributed by atoms with Crippen molar-refractivity contribution in [2.75, 3.05) is 15.1 Å². The van der Waals surface area contributed by atoms with Crippen LogP contribution in [-0.2, 0) is 0 Å². The predicted molar refractivity (Wildman–Crippen MR) is 271 cm³/mol. The van der Waals surface area contributed by atoms with E-state index in [-0.39, 0.29) is 0 Å². The van der Waals surface area contributed by atoms with Crippen molar-refractivity contribution in [2.45, 2.75) is 0 Å². The highest BCUT2D eigenvalue weighted by Gasteiger charge is 2.39. The minimum atomic E-state index is 0.412. The van der Waals surface area contributed by atoms with Crippen LogP contribution in [0.3, 0.4) is 0 Å². The van der Waals surface area contributed by atoms with Gasteiger partial charge in [-0.15, -0.1) is 0 Å². The maximum absolute atomic E-state index is 3.62. The molecule has 0 spiro atoms. The van der Waals surface area contributed by atoms with Crippen molar-refractivity contribution in [1.82, 2.24) is 4.48 Å². The van der Waals surface area contributed by atoms with E-state index in [2.05, 4.69) is 294 Å². The third-order valence-electron chi connectivity index (χ3n) is 11.7. The van der Waals surface area contributed by atoms with Gasteiger partial charge in [0, 0.05) is 94.0 Å². The Morgan fingerprint density at radius 1 is 0.219 bits per heavy atom. The molecule has 0 bridgehead atoms. The minimum absolute atomic E-state index is 0.412. The van der Waals surface area contributed by atoms with E-state index in [9.17, 15) is 0 Å². The van der Waals surface area contributed by atoms with Crippen LogP contribution in [0.25, 0.3) is 11.1 Å². The quantitative estimate of drug-likeness (QED) is 0.117. The van der Waals surface area contributed by atoms with Crippen molar-refractivity contribution in [2.24, 2.45) is 0 Å². The molecule has 0 saturated carbocycles. The van der Waals surface area contributed by atoms with Crippen LogP contribution in [0.4, 0.5) is 68.2 Å². The molecular weight excluding hydrogens is 777 g/mol. The summed E-state index contributed by atoms with van der Waals surface area (Å²) in [6, 6.07) is 99.2. The predicted octanol–water partition coefficient (Wildman–Crippen LogP) is 17.3. The molecule has 0 heterocycles. The standard InChI is InChI=1S/C60H47N4/c1-7-19-51(20-8-1)62(52-21-9-2-10-22-52)55-39-37-50(38-40-55)61-49-35-31-47(32-36-49)48-33-43-59(44-34-48)64(57-27-15-5-16-28-57,58-29-17-6-18-30-58)60-45-41-56(42-46-60)63(53-23-11-3-12-24-53)54-25-13-4-14-26-54/h1-46,61H/q+1. The lowest BCUT2D eigenvalue weighted by atomic mass is 10.0. The molecule has 10 rings (SSSR count). The maximum atomic E-state index is 3.62. The Labute approximate surface area is 376 Å². The van der Waals surface area contributed by atoms with Gasteiger partial charge in [-0.05, 0) is 120 Å². The molecule has 0 aliphatic rings. The van der Waals surface area contributed by atoms with Crippen molar-refractivity contribution in [3.63, 3.8) is 0 Å². The van der Waals surface area contributed by atoms with E-state index < -0.39 is 0 Å². The molecule has 0 atom stereocenters. The molecule has 4 heteroatoms. The van der Waals surface area contributed by atoms with Gasteiger partial charge < -0.3 is 15.1 Å². The number of nitrogens with one attached hydrogen (secondary N) is 1. The first-order valence-electron chi connectivity index (χ1n) is 21.7. The van der Waals surface area contributed by atoms with Crippen LogP contribution in [0.2, 0.25) is 0 Å².